The highest BCUT2D eigenvalue weighted by atomic mass is 16.6. The molecule has 0 amide bonds. The molecule has 0 aromatic heterocycles. The summed E-state index contributed by atoms with van der Waals surface area (Å²) in [6, 6.07) is 0. The zero-order valence-electron chi connectivity index (χ0n) is 18.6. The van der Waals surface area contributed by atoms with Crippen LogP contribution in [-0.4, -0.2) is 61.0 Å². The summed E-state index contributed by atoms with van der Waals surface area (Å²) < 4.78 is 21.4. The average molecular weight is 448 g/mol. The summed E-state index contributed by atoms with van der Waals surface area (Å²) in [5.74, 6) is -3.95. The summed E-state index contributed by atoms with van der Waals surface area (Å²) in [6.07, 6.45) is 1.59. The summed E-state index contributed by atoms with van der Waals surface area (Å²) in [7, 11) is 1.17. The molecule has 2 aliphatic rings. The van der Waals surface area contributed by atoms with E-state index in [2.05, 4.69) is 6.58 Å². The minimum Gasteiger partial charge on any atom is -0.466 e. The average Bonchev–Trinajstić information content (AvgIpc) is 3.04. The van der Waals surface area contributed by atoms with Gasteiger partial charge in [-0.2, -0.15) is 0 Å². The Morgan fingerprint density at radius 3 is 2.53 bits per heavy atom. The molecule has 1 aliphatic carbocycles. The fourth-order valence-corrected chi connectivity index (χ4v) is 3.57. The van der Waals surface area contributed by atoms with Crippen molar-refractivity contribution in [1.82, 2.24) is 0 Å². The van der Waals surface area contributed by atoms with E-state index in [1.807, 2.05) is 0 Å². The summed E-state index contributed by atoms with van der Waals surface area (Å²) >= 11 is 0. The lowest BCUT2D eigenvalue weighted by Gasteiger charge is -2.33. The Kier molecular flexibility index (Phi) is 8.54. The van der Waals surface area contributed by atoms with E-state index < -0.39 is 48.1 Å². The van der Waals surface area contributed by atoms with E-state index in [0.717, 1.165) is 6.92 Å². The van der Waals surface area contributed by atoms with Gasteiger partial charge in [-0.15, -0.1) is 0 Å². The zero-order chi connectivity index (χ0) is 24.0. The lowest BCUT2D eigenvalue weighted by atomic mass is 9.83. The second-order valence-electron chi connectivity index (χ2n) is 7.47. The van der Waals surface area contributed by atoms with Crippen molar-refractivity contribution in [2.24, 2.45) is 5.92 Å². The fourth-order valence-electron chi connectivity index (χ4n) is 3.57. The Morgan fingerprint density at radius 1 is 1.28 bits per heavy atom. The number of aliphatic hydroxyl groups excluding tert-OH is 1. The first-order chi connectivity index (χ1) is 15.1. The first-order valence-corrected chi connectivity index (χ1v) is 10.1. The Balaban J connectivity index is 2.73. The molecule has 0 saturated carbocycles. The van der Waals surface area contributed by atoms with Gasteiger partial charge in [0.25, 0.3) is 0 Å². The van der Waals surface area contributed by atoms with Crippen LogP contribution in [0.1, 0.15) is 33.6 Å². The van der Waals surface area contributed by atoms with E-state index in [1.165, 1.54) is 26.2 Å². The van der Waals surface area contributed by atoms with Gasteiger partial charge >= 0.3 is 23.9 Å². The first kappa shape index (κ1) is 25.1. The van der Waals surface area contributed by atoms with Gasteiger partial charge in [0.2, 0.25) is 0 Å². The lowest BCUT2D eigenvalue weighted by molar-refractivity contribution is -0.167. The van der Waals surface area contributed by atoms with Crippen LogP contribution in [0.2, 0.25) is 0 Å². The number of rotatable bonds is 5. The molecule has 9 nitrogen and oxygen atoms in total. The maximum Gasteiger partial charge on any atom is 0.337 e. The molecular formula is C23H28O9. The smallest absolute Gasteiger partial charge is 0.337 e. The molecule has 2 rings (SSSR count). The van der Waals surface area contributed by atoms with Gasteiger partial charge in [-0.05, 0) is 38.3 Å². The topological polar surface area (TPSA) is 125 Å². The highest BCUT2D eigenvalue weighted by molar-refractivity contribution is 5.93. The molecule has 4 atom stereocenters. The normalized spacial score (nSPS) is 26.2. The van der Waals surface area contributed by atoms with Crippen molar-refractivity contribution in [3.63, 3.8) is 0 Å². The van der Waals surface area contributed by atoms with Crippen LogP contribution >= 0.6 is 0 Å². The predicted molar refractivity (Wildman–Crippen MR) is 112 cm³/mol. The number of hydrogen-bond donors (Lipinski definition) is 1. The number of methoxy groups -OCH3 is 1. The fraction of sp³-hybridized carbons (Fsp3) is 0.478. The number of aliphatic hydroxyl groups is 1. The third-order valence-corrected chi connectivity index (χ3v) is 5.37. The maximum atomic E-state index is 12.7. The van der Waals surface area contributed by atoms with Crippen molar-refractivity contribution >= 4 is 23.9 Å². The lowest BCUT2D eigenvalue weighted by Crippen LogP contribution is -2.46. The van der Waals surface area contributed by atoms with Crippen LogP contribution < -0.4 is 0 Å². The summed E-state index contributed by atoms with van der Waals surface area (Å²) in [5.41, 5.74) is 0.764. The Hall–Kier alpha value is -3.20. The quantitative estimate of drug-likeness (QED) is 0.289. The van der Waals surface area contributed by atoms with E-state index in [9.17, 15) is 24.3 Å². The van der Waals surface area contributed by atoms with E-state index in [0.29, 0.717) is 12.0 Å². The molecule has 1 heterocycles. The zero-order valence-corrected chi connectivity index (χ0v) is 18.6. The van der Waals surface area contributed by atoms with Crippen molar-refractivity contribution in [3.8, 4) is 0 Å². The Bertz CT molecular complexity index is 893. The van der Waals surface area contributed by atoms with Crippen LogP contribution in [0.25, 0.3) is 0 Å². The number of esters is 4. The van der Waals surface area contributed by atoms with Crippen molar-refractivity contribution in [1.29, 1.82) is 0 Å². The van der Waals surface area contributed by atoms with Crippen LogP contribution in [0.15, 0.2) is 47.1 Å². The molecule has 4 unspecified atom stereocenters. The van der Waals surface area contributed by atoms with Crippen molar-refractivity contribution in [3.05, 3.63) is 47.1 Å². The molecule has 9 heteroatoms. The number of allylic oxidation sites excluding steroid dienone is 2. The van der Waals surface area contributed by atoms with E-state index in [-0.39, 0.29) is 29.7 Å². The molecule has 1 saturated heterocycles. The Labute approximate surface area is 186 Å². The van der Waals surface area contributed by atoms with Gasteiger partial charge in [-0.1, -0.05) is 18.7 Å². The molecule has 0 spiro atoms. The van der Waals surface area contributed by atoms with Crippen LogP contribution in [-0.2, 0) is 38.1 Å². The molecule has 0 aromatic carbocycles. The number of carbonyl (C=O) groups excluding carboxylic acids is 4. The number of ether oxygens (including phenoxy) is 4. The van der Waals surface area contributed by atoms with E-state index in [1.54, 1.807) is 13.0 Å². The summed E-state index contributed by atoms with van der Waals surface area (Å²) in [4.78, 5) is 49.6. The van der Waals surface area contributed by atoms with Gasteiger partial charge in [-0.3, -0.25) is 4.79 Å². The molecule has 32 heavy (non-hydrogen) atoms. The van der Waals surface area contributed by atoms with Crippen LogP contribution in [0, 0.1) is 5.92 Å². The minimum absolute atomic E-state index is 0.0126. The van der Waals surface area contributed by atoms with Crippen LogP contribution in [0.5, 0.6) is 0 Å². The molecule has 0 radical (unpaired) electrons. The highest BCUT2D eigenvalue weighted by Gasteiger charge is 2.50. The monoisotopic (exact) mass is 448 g/mol. The van der Waals surface area contributed by atoms with Gasteiger partial charge in [0.05, 0.1) is 25.2 Å². The number of hydrogen-bond acceptors (Lipinski definition) is 9. The molecule has 1 fully saturated rings. The van der Waals surface area contributed by atoms with E-state index in [4.69, 9.17) is 18.9 Å². The van der Waals surface area contributed by atoms with Crippen molar-refractivity contribution in [2.75, 3.05) is 13.7 Å². The molecule has 1 N–H and O–H groups in total. The number of carbonyl (C=O) groups is 4. The van der Waals surface area contributed by atoms with Crippen LogP contribution in [0.4, 0.5) is 0 Å². The van der Waals surface area contributed by atoms with Gasteiger partial charge < -0.3 is 24.1 Å². The van der Waals surface area contributed by atoms with Gasteiger partial charge in [-0.25, -0.2) is 14.4 Å². The first-order valence-electron chi connectivity index (χ1n) is 10.1. The molecule has 0 aromatic rings. The third-order valence-electron chi connectivity index (χ3n) is 5.37. The molecular weight excluding hydrogens is 420 g/mol. The standard InChI is InChI=1S/C23H28O9/c1-6-12(2)21(26)32-20-18-13(3)22(27)31-17(18)10-15(11-24)8-7-9-16(23(28)29-5)19(20)30-14(4)25/h6,9-10,17-20,24H,3,7-8,11H2,1-2,4-5H3. The largest absolute Gasteiger partial charge is 0.466 e. The van der Waals surface area contributed by atoms with E-state index >= 15 is 0 Å². The molecule has 0 bridgehead atoms. The second kappa shape index (κ2) is 10.9. The van der Waals surface area contributed by atoms with Crippen LogP contribution in [0.3, 0.4) is 0 Å². The van der Waals surface area contributed by atoms with Gasteiger partial charge in [0.1, 0.15) is 6.10 Å². The second-order valence-corrected chi connectivity index (χ2v) is 7.47. The minimum atomic E-state index is -1.38. The SMILES string of the molecule is C=C1C(=O)OC2C=C(CO)CCC=C(C(=O)OC)C(OC(C)=O)C(OC(=O)C(C)=CC)C12. The third kappa shape index (κ3) is 5.53. The molecule has 1 aliphatic heterocycles. The number of fused-ring (bicyclic) bond motifs is 1. The van der Waals surface area contributed by atoms with Crippen molar-refractivity contribution < 1.29 is 43.2 Å². The summed E-state index contributed by atoms with van der Waals surface area (Å²) in [5, 5.41) is 9.72. The molecule has 174 valence electrons. The van der Waals surface area contributed by atoms with Gasteiger partial charge in [0, 0.05) is 18.1 Å². The van der Waals surface area contributed by atoms with Crippen molar-refractivity contribution in [2.45, 2.75) is 51.9 Å². The Morgan fingerprint density at radius 2 is 1.97 bits per heavy atom. The maximum absolute atomic E-state index is 12.7. The highest BCUT2D eigenvalue weighted by Crippen LogP contribution is 2.38. The van der Waals surface area contributed by atoms with Gasteiger partial charge in [0.15, 0.2) is 12.2 Å². The predicted octanol–water partition coefficient (Wildman–Crippen LogP) is 1.71. The summed E-state index contributed by atoms with van der Waals surface area (Å²) in [6.45, 7) is 7.80.